The van der Waals surface area contributed by atoms with Crippen molar-refractivity contribution in [2.45, 2.75) is 33.4 Å². The minimum absolute atomic E-state index is 0.0812. The lowest BCUT2D eigenvalue weighted by Gasteiger charge is -2.19. The van der Waals surface area contributed by atoms with E-state index in [1.54, 1.807) is 36.4 Å². The maximum Gasteiger partial charge on any atom is 0.271 e. The van der Waals surface area contributed by atoms with Crippen molar-refractivity contribution in [3.8, 4) is 29.2 Å². The normalized spacial score (nSPS) is 12.8. The summed E-state index contributed by atoms with van der Waals surface area (Å²) in [5.74, 6) is 0.398. The quantitative estimate of drug-likeness (QED) is 0.528. The lowest BCUT2D eigenvalue weighted by atomic mass is 9.99. The first kappa shape index (κ1) is 23.2. The number of carbonyl (C=O) groups is 1. The second-order valence-corrected chi connectivity index (χ2v) is 8.33. The molecule has 1 aliphatic heterocycles. The fourth-order valence-corrected chi connectivity index (χ4v) is 3.88. The van der Waals surface area contributed by atoms with Crippen LogP contribution < -0.4 is 19.8 Å². The minimum atomic E-state index is -1.01. The molecule has 1 atom stereocenters. The van der Waals surface area contributed by atoms with E-state index >= 15 is 0 Å². The maximum atomic E-state index is 13.3. The summed E-state index contributed by atoms with van der Waals surface area (Å²) in [7, 11) is 0. The second-order valence-electron chi connectivity index (χ2n) is 7.92. The smallest absolute Gasteiger partial charge is 0.271 e. The Kier molecular flexibility index (Phi) is 6.22. The first-order chi connectivity index (χ1) is 16.2. The van der Waals surface area contributed by atoms with Crippen molar-refractivity contribution in [2.75, 3.05) is 6.79 Å². The highest BCUT2D eigenvalue weighted by molar-refractivity contribution is 6.31. The number of halogens is 1. The van der Waals surface area contributed by atoms with Crippen LogP contribution in [0.2, 0.25) is 5.02 Å². The molecule has 2 aromatic carbocycles. The van der Waals surface area contributed by atoms with Crippen LogP contribution in [0, 0.1) is 25.2 Å². The van der Waals surface area contributed by atoms with Crippen molar-refractivity contribution in [1.29, 1.82) is 5.26 Å². The lowest BCUT2D eigenvalue weighted by molar-refractivity contribution is 0.0812. The number of hydrogen-bond acceptors (Lipinski definition) is 7. The van der Waals surface area contributed by atoms with Crippen molar-refractivity contribution in [3.05, 3.63) is 79.6 Å². The summed E-state index contributed by atoms with van der Waals surface area (Å²) in [5, 5.41) is 21.2. The number of fused-ring (bicyclic) bond motifs is 1. The van der Waals surface area contributed by atoms with E-state index in [0.29, 0.717) is 27.8 Å². The number of rotatable bonds is 6. The molecule has 0 amide bonds. The number of carbonyl (C=O) groups excluding carboxylic acids is 1. The van der Waals surface area contributed by atoms with Crippen LogP contribution in [-0.4, -0.2) is 28.4 Å². The van der Waals surface area contributed by atoms with Gasteiger partial charge in [-0.3, -0.25) is 14.2 Å². The highest BCUT2D eigenvalue weighted by Crippen LogP contribution is 2.33. The number of aryl methyl sites for hydroxylation is 1. The molecule has 0 bridgehead atoms. The molecule has 2 heterocycles. The molecule has 1 aromatic heterocycles. The topological polar surface area (TPSA) is 111 Å². The van der Waals surface area contributed by atoms with Crippen LogP contribution in [0.25, 0.3) is 0 Å². The van der Waals surface area contributed by atoms with E-state index < -0.39 is 23.3 Å². The number of pyridine rings is 1. The zero-order valence-corrected chi connectivity index (χ0v) is 19.5. The number of benzene rings is 2. The highest BCUT2D eigenvalue weighted by Gasteiger charge is 2.28. The van der Waals surface area contributed by atoms with Gasteiger partial charge in [-0.2, -0.15) is 5.26 Å². The molecule has 34 heavy (non-hydrogen) atoms. The van der Waals surface area contributed by atoms with Crippen LogP contribution in [0.15, 0.2) is 41.2 Å². The molecule has 0 aliphatic carbocycles. The van der Waals surface area contributed by atoms with Crippen LogP contribution in [0.4, 0.5) is 0 Å². The monoisotopic (exact) mass is 480 g/mol. The van der Waals surface area contributed by atoms with Crippen molar-refractivity contribution in [2.24, 2.45) is 0 Å². The largest absolute Gasteiger partial charge is 0.494 e. The lowest BCUT2D eigenvalue weighted by Crippen LogP contribution is -2.31. The molecular formula is C25H21ClN2O6. The summed E-state index contributed by atoms with van der Waals surface area (Å²) in [4.78, 5) is 26.3. The number of Topliss-reactive ketones (excluding diaryl/α,β-unsaturated/α-hetero) is 1. The Hall–Kier alpha value is -3.96. The first-order valence-electron chi connectivity index (χ1n) is 10.4. The van der Waals surface area contributed by atoms with E-state index in [2.05, 4.69) is 0 Å². The Labute approximate surface area is 200 Å². The molecular weight excluding hydrogens is 460 g/mol. The number of ketones is 1. The number of nitrogens with zero attached hydrogens (tertiary/aromatic N) is 2. The molecule has 0 radical (unpaired) electrons. The van der Waals surface area contributed by atoms with Gasteiger partial charge in [-0.1, -0.05) is 17.7 Å². The molecule has 0 fully saturated rings. The molecule has 0 saturated heterocycles. The molecule has 8 nitrogen and oxygen atoms in total. The molecule has 0 spiro atoms. The minimum Gasteiger partial charge on any atom is -0.494 e. The number of aromatic nitrogens is 1. The van der Waals surface area contributed by atoms with Gasteiger partial charge in [-0.15, -0.1) is 0 Å². The number of nitriles is 1. The zero-order valence-electron chi connectivity index (χ0n) is 18.7. The summed E-state index contributed by atoms with van der Waals surface area (Å²) in [6.45, 7) is 4.81. The van der Waals surface area contributed by atoms with Gasteiger partial charge >= 0.3 is 0 Å². The fraction of sp³-hybridized carbons (Fsp3) is 0.240. The zero-order chi connectivity index (χ0) is 24.6. The number of aromatic hydroxyl groups is 1. The predicted octanol–water partition coefficient (Wildman–Crippen LogP) is 4.12. The molecule has 4 rings (SSSR count). The van der Waals surface area contributed by atoms with Crippen LogP contribution in [0.3, 0.4) is 0 Å². The van der Waals surface area contributed by atoms with Crippen LogP contribution in [-0.2, 0) is 6.54 Å². The number of ether oxygens (including phenoxy) is 3. The molecule has 1 unspecified atom stereocenters. The van der Waals surface area contributed by atoms with Gasteiger partial charge in [-0.25, -0.2) is 0 Å². The van der Waals surface area contributed by atoms with E-state index in [-0.39, 0.29) is 30.0 Å². The Balaban J connectivity index is 1.72. The SMILES string of the molecule is Cc1cc(OC(C)C(=O)c2c(C)c(C#N)c(=O)n(Cc3ccc4c(c3)OCO4)c2O)ccc1Cl. The predicted molar refractivity (Wildman–Crippen MR) is 124 cm³/mol. The fourth-order valence-electron chi connectivity index (χ4n) is 3.77. The molecule has 9 heteroatoms. The molecule has 1 aliphatic rings. The number of hydrogen-bond donors (Lipinski definition) is 1. The van der Waals surface area contributed by atoms with E-state index in [4.69, 9.17) is 25.8 Å². The van der Waals surface area contributed by atoms with Crippen LogP contribution in [0.5, 0.6) is 23.1 Å². The van der Waals surface area contributed by atoms with Crippen molar-refractivity contribution < 1.29 is 24.1 Å². The molecule has 3 aromatic rings. The van der Waals surface area contributed by atoms with Crippen molar-refractivity contribution in [1.82, 2.24) is 4.57 Å². The van der Waals surface area contributed by atoms with Gasteiger partial charge < -0.3 is 19.3 Å². The Morgan fingerprint density at radius 3 is 2.68 bits per heavy atom. The van der Waals surface area contributed by atoms with E-state index in [0.717, 1.165) is 10.1 Å². The van der Waals surface area contributed by atoms with Gasteiger partial charge in [0.2, 0.25) is 18.5 Å². The van der Waals surface area contributed by atoms with Crippen LogP contribution >= 0.6 is 11.6 Å². The third-order valence-electron chi connectivity index (χ3n) is 5.64. The summed E-state index contributed by atoms with van der Waals surface area (Å²) in [6.07, 6.45) is -1.01. The first-order valence-corrected chi connectivity index (χ1v) is 10.8. The molecule has 174 valence electrons. The summed E-state index contributed by atoms with van der Waals surface area (Å²) in [5.41, 5.74) is 0.426. The van der Waals surface area contributed by atoms with Gasteiger partial charge in [0.25, 0.3) is 5.56 Å². The van der Waals surface area contributed by atoms with E-state index in [1.807, 2.05) is 13.0 Å². The third kappa shape index (κ3) is 4.18. The van der Waals surface area contributed by atoms with Gasteiger partial charge in [0.1, 0.15) is 17.4 Å². The second kappa shape index (κ2) is 9.12. The standard InChI is InChI=1S/C25H21ClN2O6/c1-13-8-17(5-6-19(13)26)34-15(3)23(29)22-14(2)18(10-27)24(30)28(25(22)31)11-16-4-7-20-21(9-16)33-12-32-20/h4-9,15,31H,11-12H2,1-3H3. The van der Waals surface area contributed by atoms with Gasteiger partial charge in [0.15, 0.2) is 17.6 Å². The molecule has 0 saturated carbocycles. The van der Waals surface area contributed by atoms with Crippen molar-refractivity contribution >= 4 is 17.4 Å². The van der Waals surface area contributed by atoms with Crippen molar-refractivity contribution in [3.63, 3.8) is 0 Å². The van der Waals surface area contributed by atoms with E-state index in [1.165, 1.54) is 13.8 Å². The summed E-state index contributed by atoms with van der Waals surface area (Å²) in [6, 6.07) is 11.9. The summed E-state index contributed by atoms with van der Waals surface area (Å²) >= 11 is 6.05. The van der Waals surface area contributed by atoms with Gasteiger partial charge in [0, 0.05) is 5.02 Å². The Bertz CT molecular complexity index is 1410. The molecule has 1 N–H and O–H groups in total. The Morgan fingerprint density at radius 2 is 1.97 bits per heavy atom. The highest BCUT2D eigenvalue weighted by atomic mass is 35.5. The maximum absolute atomic E-state index is 13.3. The van der Waals surface area contributed by atoms with Gasteiger partial charge in [0.05, 0.1) is 12.1 Å². The van der Waals surface area contributed by atoms with Crippen LogP contribution in [0.1, 0.15) is 39.5 Å². The van der Waals surface area contributed by atoms with Gasteiger partial charge in [-0.05, 0) is 67.8 Å². The third-order valence-corrected chi connectivity index (χ3v) is 6.06. The Morgan fingerprint density at radius 1 is 1.24 bits per heavy atom. The average molecular weight is 481 g/mol. The van der Waals surface area contributed by atoms with E-state index in [9.17, 15) is 20.0 Å². The summed E-state index contributed by atoms with van der Waals surface area (Å²) < 4.78 is 17.4. The average Bonchev–Trinajstić information content (AvgIpc) is 3.27.